The number of carbonyl (C=O) groups excluding carboxylic acids is 1. The van der Waals surface area contributed by atoms with Gasteiger partial charge in [-0.25, -0.2) is 14.5 Å². The number of ether oxygens (including phenoxy) is 2. The van der Waals surface area contributed by atoms with E-state index in [2.05, 4.69) is 39.0 Å². The van der Waals surface area contributed by atoms with Crippen LogP contribution in [0.5, 0.6) is 11.5 Å². The van der Waals surface area contributed by atoms with Gasteiger partial charge in [0.05, 0.1) is 18.5 Å². The van der Waals surface area contributed by atoms with Gasteiger partial charge in [0.1, 0.15) is 17.8 Å². The summed E-state index contributed by atoms with van der Waals surface area (Å²) in [4.78, 5) is 22.2. The highest BCUT2D eigenvalue weighted by Crippen LogP contribution is 2.28. The van der Waals surface area contributed by atoms with E-state index >= 15 is 0 Å². The van der Waals surface area contributed by atoms with Gasteiger partial charge in [0, 0.05) is 22.3 Å². The van der Waals surface area contributed by atoms with Crippen molar-refractivity contribution in [1.29, 1.82) is 0 Å². The molecule has 0 saturated heterocycles. The molecule has 46 heavy (non-hydrogen) atoms. The van der Waals surface area contributed by atoms with Crippen molar-refractivity contribution in [3.63, 3.8) is 0 Å². The highest BCUT2D eigenvalue weighted by molar-refractivity contribution is 7.07. The van der Waals surface area contributed by atoms with Crippen molar-refractivity contribution in [2.45, 2.75) is 40.0 Å². The number of nitrogens with one attached hydrogen (secondary N) is 1. The van der Waals surface area contributed by atoms with Crippen molar-refractivity contribution in [2.24, 2.45) is 4.99 Å². The molecular weight excluding hydrogens is 617 g/mol. The summed E-state index contributed by atoms with van der Waals surface area (Å²) in [5.74, 6) is 1.11. The Balaban J connectivity index is 1.28. The average Bonchev–Trinajstić information content (AvgIpc) is 3.63. The van der Waals surface area contributed by atoms with Crippen LogP contribution in [-0.4, -0.2) is 38.8 Å². The molecule has 5 rings (SSSR count). The Hall–Kier alpha value is -5.17. The number of halogens is 3. The predicted molar refractivity (Wildman–Crippen MR) is 170 cm³/mol. The number of amides is 2. The standard InChI is InChI=1S/C33H31F3N6O3S/c1-20(2)28-17-27(44-5)14-15-29(28)42-22(4)18-46-32(42)39-31(43)38-21(3)16-23-6-8-24(9-7-23)30-37-19-41(40-30)25-10-12-26(13-11-25)45-33(34,35)36/h6-20H,1-5H3,(H,38,43)/b21-16+,39-32-. The number of methoxy groups -OCH3 is 1. The molecule has 0 aliphatic heterocycles. The van der Waals surface area contributed by atoms with Gasteiger partial charge in [0.25, 0.3) is 0 Å². The fraction of sp³-hybridized carbons (Fsp3) is 0.212. The van der Waals surface area contributed by atoms with E-state index in [1.54, 1.807) is 14.0 Å². The third kappa shape index (κ3) is 7.72. The third-order valence-corrected chi connectivity index (χ3v) is 7.80. The van der Waals surface area contributed by atoms with Gasteiger partial charge in [-0.3, -0.25) is 4.57 Å². The predicted octanol–water partition coefficient (Wildman–Crippen LogP) is 7.80. The first-order chi connectivity index (χ1) is 21.9. The third-order valence-electron chi connectivity index (χ3n) is 6.86. The maximum atomic E-state index is 12.9. The van der Waals surface area contributed by atoms with Gasteiger partial charge in [-0.1, -0.05) is 38.1 Å². The van der Waals surface area contributed by atoms with Gasteiger partial charge >= 0.3 is 12.4 Å². The van der Waals surface area contributed by atoms with E-state index in [1.165, 1.54) is 46.6 Å². The lowest BCUT2D eigenvalue weighted by Gasteiger charge is -2.16. The van der Waals surface area contributed by atoms with Crippen molar-refractivity contribution in [1.82, 2.24) is 24.6 Å². The van der Waals surface area contributed by atoms with E-state index in [1.807, 2.05) is 65.4 Å². The molecular formula is C33H31F3N6O3S. The van der Waals surface area contributed by atoms with Crippen LogP contribution in [0.25, 0.3) is 28.8 Å². The quantitative estimate of drug-likeness (QED) is 0.185. The van der Waals surface area contributed by atoms with Crippen molar-refractivity contribution in [3.05, 3.63) is 106 Å². The van der Waals surface area contributed by atoms with E-state index in [4.69, 9.17) is 4.74 Å². The SMILES string of the molecule is COc1ccc(-n2c(C)cs/c2=N\C(=O)N/C(C)=C/c2ccc(-c3ncn(-c4ccc(OC(F)(F)F)cc4)n3)cc2)c(C(C)C)c1. The Morgan fingerprint density at radius 3 is 2.39 bits per heavy atom. The number of hydrogen-bond donors (Lipinski definition) is 1. The summed E-state index contributed by atoms with van der Waals surface area (Å²) >= 11 is 1.39. The Kier molecular flexibility index (Phi) is 9.42. The van der Waals surface area contributed by atoms with Gasteiger partial charge in [-0.15, -0.1) is 29.6 Å². The van der Waals surface area contributed by atoms with E-state index in [0.29, 0.717) is 22.0 Å². The van der Waals surface area contributed by atoms with Crippen LogP contribution >= 0.6 is 11.3 Å². The average molecular weight is 649 g/mol. The molecule has 1 N–H and O–H groups in total. The lowest BCUT2D eigenvalue weighted by Crippen LogP contribution is -2.23. The van der Waals surface area contributed by atoms with Crippen LogP contribution in [0, 0.1) is 6.92 Å². The zero-order chi connectivity index (χ0) is 33.0. The molecule has 3 aromatic carbocycles. The van der Waals surface area contributed by atoms with E-state index in [-0.39, 0.29) is 11.7 Å². The number of allylic oxidation sites excluding steroid dienone is 1. The molecule has 2 amide bonds. The second kappa shape index (κ2) is 13.4. The molecule has 13 heteroatoms. The normalized spacial score (nSPS) is 12.5. The molecule has 0 aliphatic rings. The topological polar surface area (TPSA) is 95.6 Å². The number of carbonyl (C=O) groups is 1. The monoisotopic (exact) mass is 648 g/mol. The zero-order valence-electron chi connectivity index (χ0n) is 25.7. The first kappa shape index (κ1) is 32.2. The van der Waals surface area contributed by atoms with Crippen LogP contribution < -0.4 is 19.6 Å². The second-order valence-electron chi connectivity index (χ2n) is 10.6. The maximum Gasteiger partial charge on any atom is 0.573 e. The number of nitrogens with zero attached hydrogens (tertiary/aromatic N) is 5. The minimum Gasteiger partial charge on any atom is -0.497 e. The molecule has 2 aromatic heterocycles. The van der Waals surface area contributed by atoms with E-state index in [9.17, 15) is 18.0 Å². The van der Waals surface area contributed by atoms with Crippen LogP contribution in [0.2, 0.25) is 0 Å². The summed E-state index contributed by atoms with van der Waals surface area (Å²) in [6, 6.07) is 18.1. The number of hydrogen-bond acceptors (Lipinski definition) is 6. The smallest absolute Gasteiger partial charge is 0.497 e. The summed E-state index contributed by atoms with van der Waals surface area (Å²) in [7, 11) is 1.64. The van der Waals surface area contributed by atoms with Gasteiger partial charge in [-0.2, -0.15) is 4.99 Å². The minimum atomic E-state index is -4.76. The molecule has 0 fully saturated rings. The molecule has 9 nitrogen and oxygen atoms in total. The largest absolute Gasteiger partial charge is 0.573 e. The van der Waals surface area contributed by atoms with E-state index < -0.39 is 12.4 Å². The number of urea groups is 1. The van der Waals surface area contributed by atoms with Crippen molar-refractivity contribution in [3.8, 4) is 34.3 Å². The minimum absolute atomic E-state index is 0.226. The van der Waals surface area contributed by atoms with Crippen molar-refractivity contribution < 1.29 is 27.4 Å². The summed E-state index contributed by atoms with van der Waals surface area (Å²) < 4.78 is 50.0. The van der Waals surface area contributed by atoms with Gasteiger partial charge in [0.2, 0.25) is 0 Å². The summed E-state index contributed by atoms with van der Waals surface area (Å²) in [5.41, 5.74) is 5.69. The summed E-state index contributed by atoms with van der Waals surface area (Å²) in [6.45, 7) is 7.97. The Morgan fingerprint density at radius 2 is 1.74 bits per heavy atom. The highest BCUT2D eigenvalue weighted by Gasteiger charge is 2.31. The molecule has 0 atom stereocenters. The van der Waals surface area contributed by atoms with Crippen molar-refractivity contribution in [2.75, 3.05) is 7.11 Å². The number of thiazole rings is 1. The maximum absolute atomic E-state index is 12.9. The van der Waals surface area contributed by atoms with Gasteiger partial charge in [-0.05, 0) is 79.4 Å². The van der Waals surface area contributed by atoms with Crippen LogP contribution in [-0.2, 0) is 0 Å². The number of benzene rings is 3. The molecule has 0 radical (unpaired) electrons. The lowest BCUT2D eigenvalue weighted by atomic mass is 10.0. The van der Waals surface area contributed by atoms with Crippen molar-refractivity contribution >= 4 is 23.4 Å². The van der Waals surface area contributed by atoms with Crippen LogP contribution in [0.1, 0.15) is 43.5 Å². The Bertz CT molecular complexity index is 1940. The first-order valence-corrected chi connectivity index (χ1v) is 15.1. The van der Waals surface area contributed by atoms with Gasteiger partial charge in [0.15, 0.2) is 10.6 Å². The molecule has 2 heterocycles. The molecule has 238 valence electrons. The summed E-state index contributed by atoms with van der Waals surface area (Å²) in [5, 5.41) is 9.23. The number of rotatable bonds is 8. The fourth-order valence-electron chi connectivity index (χ4n) is 4.71. The number of aryl methyl sites for hydroxylation is 1. The molecule has 0 bridgehead atoms. The second-order valence-corrected chi connectivity index (χ2v) is 11.5. The van der Waals surface area contributed by atoms with Crippen LogP contribution in [0.4, 0.5) is 18.0 Å². The zero-order valence-corrected chi connectivity index (χ0v) is 26.5. The molecule has 0 saturated carbocycles. The number of alkyl halides is 3. The number of aromatic nitrogens is 4. The lowest BCUT2D eigenvalue weighted by molar-refractivity contribution is -0.274. The Morgan fingerprint density at radius 1 is 1.04 bits per heavy atom. The highest BCUT2D eigenvalue weighted by atomic mass is 32.1. The molecule has 0 spiro atoms. The molecule has 0 unspecified atom stereocenters. The van der Waals surface area contributed by atoms with Gasteiger partial charge < -0.3 is 14.8 Å². The fourth-order valence-corrected chi connectivity index (χ4v) is 5.57. The van der Waals surface area contributed by atoms with Crippen LogP contribution in [0.3, 0.4) is 0 Å². The van der Waals surface area contributed by atoms with E-state index in [0.717, 1.165) is 33.8 Å². The molecule has 0 aliphatic carbocycles. The summed E-state index contributed by atoms with van der Waals surface area (Å²) in [6.07, 6.45) is -1.46. The Labute approximate surface area is 267 Å². The van der Waals surface area contributed by atoms with Crippen LogP contribution in [0.15, 0.2) is 89.1 Å². The molecule has 5 aromatic rings. The first-order valence-electron chi connectivity index (χ1n) is 14.2.